The van der Waals surface area contributed by atoms with Crippen molar-refractivity contribution >= 4 is 17.7 Å². The Morgan fingerprint density at radius 2 is 2.10 bits per heavy atom. The fourth-order valence-electron chi connectivity index (χ4n) is 3.21. The van der Waals surface area contributed by atoms with E-state index in [1.807, 2.05) is 0 Å². The summed E-state index contributed by atoms with van der Waals surface area (Å²) in [5.74, 6) is 0. The summed E-state index contributed by atoms with van der Waals surface area (Å²) < 4.78 is 42.8. The molecule has 0 aliphatic carbocycles. The third-order valence-electron chi connectivity index (χ3n) is 4.57. The molecule has 0 atom stereocenters. The topological polar surface area (TPSA) is 58.5 Å². The zero-order chi connectivity index (χ0) is 21.2. The molecular formula is C21H22F3N5. The molecular weight excluding hydrogens is 379 g/mol. The Morgan fingerprint density at radius 1 is 1.34 bits per heavy atom. The minimum Gasteiger partial charge on any atom is -0.316 e. The van der Waals surface area contributed by atoms with Gasteiger partial charge in [0.05, 0.1) is 17.5 Å². The van der Waals surface area contributed by atoms with Gasteiger partial charge in [-0.25, -0.2) is 0 Å². The number of benzene rings is 1. The average molecular weight is 401 g/mol. The Hall–Kier alpha value is -3.13. The lowest BCUT2D eigenvalue weighted by Crippen LogP contribution is -2.11. The minimum absolute atomic E-state index is 0.130. The number of nitrogens with one attached hydrogen (secondary N) is 2. The summed E-state index contributed by atoms with van der Waals surface area (Å²) in [5, 5.41) is 14.2. The predicted molar refractivity (Wildman–Crippen MR) is 109 cm³/mol. The molecule has 0 aliphatic heterocycles. The van der Waals surface area contributed by atoms with Crippen molar-refractivity contribution in [1.82, 2.24) is 25.3 Å². The molecule has 0 saturated carbocycles. The first-order valence-corrected chi connectivity index (χ1v) is 8.97. The molecule has 29 heavy (non-hydrogen) atoms. The number of allylic oxidation sites excluding steroid dienone is 1. The monoisotopic (exact) mass is 401 g/mol. The van der Waals surface area contributed by atoms with Gasteiger partial charge >= 0.3 is 6.18 Å². The van der Waals surface area contributed by atoms with Gasteiger partial charge in [-0.05, 0) is 48.9 Å². The van der Waals surface area contributed by atoms with Crippen LogP contribution < -0.4 is 5.32 Å². The summed E-state index contributed by atoms with van der Waals surface area (Å²) in [6, 6.07) is 4.40. The summed E-state index contributed by atoms with van der Waals surface area (Å²) in [5.41, 5.74) is 3.17. The van der Waals surface area contributed by atoms with E-state index in [9.17, 15) is 13.2 Å². The number of hydrogen-bond donors (Lipinski definition) is 2. The van der Waals surface area contributed by atoms with E-state index < -0.39 is 11.7 Å². The van der Waals surface area contributed by atoms with Crippen LogP contribution in [0.1, 0.15) is 34.9 Å². The first-order chi connectivity index (χ1) is 13.7. The Kier molecular flexibility index (Phi) is 5.74. The lowest BCUT2D eigenvalue weighted by Gasteiger charge is -2.15. The second-order valence-corrected chi connectivity index (χ2v) is 6.74. The average Bonchev–Trinajstić information content (AvgIpc) is 3.27. The lowest BCUT2D eigenvalue weighted by atomic mass is 9.95. The van der Waals surface area contributed by atoms with Gasteiger partial charge in [-0.2, -0.15) is 23.4 Å². The Morgan fingerprint density at radius 3 is 2.69 bits per heavy atom. The van der Waals surface area contributed by atoms with Crippen LogP contribution >= 0.6 is 0 Å². The van der Waals surface area contributed by atoms with Crippen LogP contribution in [0, 0.1) is 0 Å². The number of aromatic amines is 1. The number of hydrogen-bond acceptors (Lipinski definition) is 3. The molecule has 1 aromatic carbocycles. The summed E-state index contributed by atoms with van der Waals surface area (Å²) >= 11 is 0. The second kappa shape index (κ2) is 8.08. The van der Waals surface area contributed by atoms with Crippen molar-refractivity contribution in [3.63, 3.8) is 0 Å². The molecule has 2 aromatic heterocycles. The Bertz CT molecular complexity index is 1060. The van der Waals surface area contributed by atoms with Crippen LogP contribution in [-0.4, -0.2) is 27.0 Å². The summed E-state index contributed by atoms with van der Waals surface area (Å²) in [6.07, 6.45) is 2.28. The van der Waals surface area contributed by atoms with Crippen molar-refractivity contribution in [3.8, 4) is 11.3 Å². The highest BCUT2D eigenvalue weighted by molar-refractivity contribution is 5.88. The van der Waals surface area contributed by atoms with Crippen molar-refractivity contribution in [2.24, 2.45) is 7.05 Å². The third-order valence-corrected chi connectivity index (χ3v) is 4.57. The normalized spacial score (nSPS) is 12.4. The maximum absolute atomic E-state index is 13.7. The number of aryl methyl sites for hydroxylation is 1. The Labute approximate surface area is 167 Å². The van der Waals surface area contributed by atoms with Gasteiger partial charge < -0.3 is 5.32 Å². The second-order valence-electron chi connectivity index (χ2n) is 6.74. The number of aromatic nitrogens is 4. The van der Waals surface area contributed by atoms with Crippen molar-refractivity contribution in [2.45, 2.75) is 19.6 Å². The molecule has 152 valence electrons. The quantitative estimate of drug-likeness (QED) is 0.627. The molecule has 0 fully saturated rings. The van der Waals surface area contributed by atoms with E-state index in [-0.39, 0.29) is 5.56 Å². The molecule has 0 saturated heterocycles. The van der Waals surface area contributed by atoms with Gasteiger partial charge in [0.2, 0.25) is 0 Å². The molecule has 5 nitrogen and oxygen atoms in total. The largest absolute Gasteiger partial charge is 0.417 e. The van der Waals surface area contributed by atoms with E-state index in [4.69, 9.17) is 0 Å². The van der Waals surface area contributed by atoms with Gasteiger partial charge in [0.15, 0.2) is 0 Å². The minimum atomic E-state index is -4.46. The van der Waals surface area contributed by atoms with Crippen LogP contribution in [0.5, 0.6) is 0 Å². The molecule has 3 aromatic rings. The molecule has 0 radical (unpaired) electrons. The van der Waals surface area contributed by atoms with Gasteiger partial charge in [-0.3, -0.25) is 9.78 Å². The van der Waals surface area contributed by atoms with Crippen molar-refractivity contribution in [3.05, 3.63) is 65.1 Å². The SMILES string of the molecule is C=Cc1[nH]nc(-c2cnn(C)c2)c1/C=C(\C)c1ccc(CNC)cc1C(F)(F)F. The maximum Gasteiger partial charge on any atom is 0.417 e. The van der Waals surface area contributed by atoms with Gasteiger partial charge in [-0.15, -0.1) is 0 Å². The van der Waals surface area contributed by atoms with Crippen LogP contribution in [0.2, 0.25) is 0 Å². The van der Waals surface area contributed by atoms with E-state index in [2.05, 4.69) is 27.2 Å². The van der Waals surface area contributed by atoms with Crippen molar-refractivity contribution < 1.29 is 13.2 Å². The zero-order valence-electron chi connectivity index (χ0n) is 16.4. The first-order valence-electron chi connectivity index (χ1n) is 8.97. The molecule has 0 unspecified atom stereocenters. The Balaban J connectivity index is 2.13. The van der Waals surface area contributed by atoms with E-state index in [1.165, 1.54) is 12.1 Å². The van der Waals surface area contributed by atoms with E-state index in [1.54, 1.807) is 56.3 Å². The zero-order valence-corrected chi connectivity index (χ0v) is 16.4. The summed E-state index contributed by atoms with van der Waals surface area (Å²) in [6.45, 7) is 5.79. The number of nitrogens with zero attached hydrogens (tertiary/aromatic N) is 3. The third kappa shape index (κ3) is 4.32. The highest BCUT2D eigenvalue weighted by Crippen LogP contribution is 2.37. The molecule has 0 spiro atoms. The maximum atomic E-state index is 13.7. The fraction of sp³-hybridized carbons (Fsp3) is 0.238. The summed E-state index contributed by atoms with van der Waals surface area (Å²) in [7, 11) is 3.48. The molecule has 8 heteroatoms. The molecule has 0 bridgehead atoms. The molecule has 2 N–H and O–H groups in total. The van der Waals surface area contributed by atoms with E-state index >= 15 is 0 Å². The smallest absolute Gasteiger partial charge is 0.316 e. The van der Waals surface area contributed by atoms with Gasteiger partial charge in [0, 0.05) is 30.9 Å². The van der Waals surface area contributed by atoms with Crippen LogP contribution in [0.15, 0.2) is 37.2 Å². The molecule has 3 rings (SSSR count). The van der Waals surface area contributed by atoms with E-state index in [0.29, 0.717) is 34.6 Å². The standard InChI is InChI=1S/C21H22F3N5/c1-5-19-17(20(28-27-19)15-11-26-29(4)12-15)8-13(2)16-7-6-14(10-25-3)9-18(16)21(22,23)24/h5-9,11-12,25H,1,10H2,2-4H3,(H,27,28)/b13-8+. The number of halogens is 3. The number of alkyl halides is 3. The fourth-order valence-corrected chi connectivity index (χ4v) is 3.21. The highest BCUT2D eigenvalue weighted by Gasteiger charge is 2.34. The molecule has 0 amide bonds. The van der Waals surface area contributed by atoms with Crippen LogP contribution in [-0.2, 0) is 19.8 Å². The molecule has 0 aliphatic rings. The van der Waals surface area contributed by atoms with Gasteiger partial charge in [-0.1, -0.05) is 18.7 Å². The van der Waals surface area contributed by atoms with Crippen LogP contribution in [0.4, 0.5) is 13.2 Å². The predicted octanol–water partition coefficient (Wildman–Crippen LogP) is 4.75. The number of H-pyrrole nitrogens is 1. The van der Waals surface area contributed by atoms with Crippen LogP contribution in [0.25, 0.3) is 29.0 Å². The van der Waals surface area contributed by atoms with Crippen molar-refractivity contribution in [1.29, 1.82) is 0 Å². The van der Waals surface area contributed by atoms with Gasteiger partial charge in [0.1, 0.15) is 5.69 Å². The van der Waals surface area contributed by atoms with Crippen molar-refractivity contribution in [2.75, 3.05) is 7.05 Å². The van der Waals surface area contributed by atoms with Crippen LogP contribution in [0.3, 0.4) is 0 Å². The van der Waals surface area contributed by atoms with Gasteiger partial charge in [0.25, 0.3) is 0 Å². The lowest BCUT2D eigenvalue weighted by molar-refractivity contribution is -0.137. The first kappa shape index (κ1) is 20.6. The summed E-state index contributed by atoms with van der Waals surface area (Å²) in [4.78, 5) is 0. The van der Waals surface area contributed by atoms with E-state index in [0.717, 1.165) is 5.56 Å². The molecule has 2 heterocycles. The highest BCUT2D eigenvalue weighted by atomic mass is 19.4. The number of rotatable bonds is 6.